The van der Waals surface area contributed by atoms with E-state index in [-0.39, 0.29) is 6.61 Å². The summed E-state index contributed by atoms with van der Waals surface area (Å²) in [5.41, 5.74) is 10.2. The van der Waals surface area contributed by atoms with Crippen LogP contribution in [0.15, 0.2) is 36.5 Å². The van der Waals surface area contributed by atoms with E-state index in [0.29, 0.717) is 5.69 Å². The molecule has 0 spiro atoms. The number of aryl methyl sites for hydroxylation is 1. The van der Waals surface area contributed by atoms with E-state index < -0.39 is 0 Å². The third kappa shape index (κ3) is 2.04. The van der Waals surface area contributed by atoms with Gasteiger partial charge in [0.15, 0.2) is 0 Å². The molecule has 0 saturated heterocycles. The van der Waals surface area contributed by atoms with Gasteiger partial charge in [-0.25, -0.2) is 0 Å². The van der Waals surface area contributed by atoms with Crippen LogP contribution in [0.5, 0.6) is 0 Å². The molecule has 0 amide bonds. The molecule has 3 nitrogen and oxygen atoms in total. The lowest BCUT2D eigenvalue weighted by atomic mass is 10.1. The van der Waals surface area contributed by atoms with Gasteiger partial charge >= 0.3 is 0 Å². The van der Waals surface area contributed by atoms with Crippen molar-refractivity contribution in [3.05, 3.63) is 47.7 Å². The van der Waals surface area contributed by atoms with Gasteiger partial charge in [0.2, 0.25) is 0 Å². The van der Waals surface area contributed by atoms with Crippen LogP contribution >= 0.6 is 0 Å². The topological polar surface area (TPSA) is 59.1 Å². The van der Waals surface area contributed by atoms with Crippen molar-refractivity contribution in [3.8, 4) is 11.3 Å². The Morgan fingerprint density at radius 3 is 2.81 bits per heavy atom. The molecule has 1 aromatic heterocycles. The average molecular weight is 214 g/mol. The maximum atomic E-state index is 9.07. The first-order valence-electron chi connectivity index (χ1n) is 5.13. The number of hydrogen-bond acceptors (Lipinski definition) is 3. The number of anilines is 1. The summed E-state index contributed by atoms with van der Waals surface area (Å²) in [4.78, 5) is 4.28. The summed E-state index contributed by atoms with van der Waals surface area (Å²) in [6, 6.07) is 9.64. The number of nitrogens with two attached hydrogens (primary N) is 1. The molecule has 0 atom stereocenters. The van der Waals surface area contributed by atoms with Crippen LogP contribution < -0.4 is 5.73 Å². The molecule has 0 fully saturated rings. The lowest BCUT2D eigenvalue weighted by Crippen LogP contribution is -1.93. The monoisotopic (exact) mass is 214 g/mol. The van der Waals surface area contributed by atoms with E-state index in [1.807, 2.05) is 37.3 Å². The van der Waals surface area contributed by atoms with Crippen molar-refractivity contribution < 1.29 is 5.11 Å². The Labute approximate surface area is 94.6 Å². The van der Waals surface area contributed by atoms with Gasteiger partial charge in [0, 0.05) is 5.56 Å². The largest absolute Gasteiger partial charge is 0.397 e. The lowest BCUT2D eigenvalue weighted by Gasteiger charge is -2.05. The normalized spacial score (nSPS) is 10.4. The first-order valence-corrected chi connectivity index (χ1v) is 5.13. The second-order valence-corrected chi connectivity index (χ2v) is 3.78. The van der Waals surface area contributed by atoms with Crippen molar-refractivity contribution in [2.75, 3.05) is 5.73 Å². The molecule has 0 bridgehead atoms. The van der Waals surface area contributed by atoms with E-state index in [2.05, 4.69) is 4.98 Å². The summed E-state index contributed by atoms with van der Waals surface area (Å²) in [7, 11) is 0. The van der Waals surface area contributed by atoms with E-state index in [1.165, 1.54) is 0 Å². The molecule has 0 aliphatic carbocycles. The van der Waals surface area contributed by atoms with E-state index >= 15 is 0 Å². The number of nitrogen functional groups attached to an aromatic ring is 1. The Hall–Kier alpha value is -1.87. The molecule has 0 radical (unpaired) electrons. The minimum atomic E-state index is 0.0434. The highest BCUT2D eigenvalue weighted by Crippen LogP contribution is 2.21. The SMILES string of the molecule is Cc1cc(-c2cccc(CO)c2)ncc1N. The van der Waals surface area contributed by atoms with Crippen LogP contribution in [0.1, 0.15) is 11.1 Å². The van der Waals surface area contributed by atoms with Crippen LogP contribution in [0.2, 0.25) is 0 Å². The smallest absolute Gasteiger partial charge is 0.0706 e. The number of pyridine rings is 1. The van der Waals surface area contributed by atoms with Gasteiger partial charge in [0.25, 0.3) is 0 Å². The molecular formula is C13H14N2O. The highest BCUT2D eigenvalue weighted by Gasteiger charge is 2.02. The van der Waals surface area contributed by atoms with E-state index in [9.17, 15) is 0 Å². The van der Waals surface area contributed by atoms with Gasteiger partial charge in [0.1, 0.15) is 0 Å². The summed E-state index contributed by atoms with van der Waals surface area (Å²) in [6.45, 7) is 2.00. The number of aromatic nitrogens is 1. The highest BCUT2D eigenvalue weighted by atomic mass is 16.3. The van der Waals surface area contributed by atoms with Crippen molar-refractivity contribution in [2.45, 2.75) is 13.5 Å². The number of benzene rings is 1. The fourth-order valence-corrected chi connectivity index (χ4v) is 1.55. The molecule has 2 aromatic rings. The molecule has 0 saturated carbocycles. The molecule has 1 heterocycles. The Morgan fingerprint density at radius 2 is 2.12 bits per heavy atom. The van der Waals surface area contributed by atoms with Gasteiger partial charge in [-0.15, -0.1) is 0 Å². The number of rotatable bonds is 2. The summed E-state index contributed by atoms with van der Waals surface area (Å²) >= 11 is 0. The molecular weight excluding hydrogens is 200 g/mol. The molecule has 3 N–H and O–H groups in total. The van der Waals surface area contributed by atoms with Crippen LogP contribution in [0.4, 0.5) is 5.69 Å². The zero-order valence-electron chi connectivity index (χ0n) is 9.14. The van der Waals surface area contributed by atoms with Crippen LogP contribution in [0.3, 0.4) is 0 Å². The Balaban J connectivity index is 2.46. The number of aliphatic hydroxyl groups excluding tert-OH is 1. The second-order valence-electron chi connectivity index (χ2n) is 3.78. The summed E-state index contributed by atoms with van der Waals surface area (Å²) in [6.07, 6.45) is 1.66. The predicted octanol–water partition coefficient (Wildman–Crippen LogP) is 2.13. The van der Waals surface area contributed by atoms with Crippen molar-refractivity contribution >= 4 is 5.69 Å². The van der Waals surface area contributed by atoms with E-state index in [1.54, 1.807) is 6.20 Å². The van der Waals surface area contributed by atoms with Gasteiger partial charge in [-0.1, -0.05) is 18.2 Å². The molecule has 82 valence electrons. The van der Waals surface area contributed by atoms with Gasteiger partial charge in [-0.2, -0.15) is 0 Å². The zero-order valence-corrected chi connectivity index (χ0v) is 9.14. The van der Waals surface area contributed by atoms with Gasteiger partial charge < -0.3 is 10.8 Å². The fourth-order valence-electron chi connectivity index (χ4n) is 1.55. The minimum absolute atomic E-state index is 0.0434. The minimum Gasteiger partial charge on any atom is -0.397 e. The molecule has 0 unspecified atom stereocenters. The Kier molecular flexibility index (Phi) is 2.88. The third-order valence-electron chi connectivity index (χ3n) is 2.56. The lowest BCUT2D eigenvalue weighted by molar-refractivity contribution is 0.282. The van der Waals surface area contributed by atoms with Crippen LogP contribution in [-0.4, -0.2) is 10.1 Å². The molecule has 1 aromatic carbocycles. The predicted molar refractivity (Wildman–Crippen MR) is 64.7 cm³/mol. The number of nitrogens with zero attached hydrogens (tertiary/aromatic N) is 1. The Bertz CT molecular complexity index is 509. The molecule has 3 heteroatoms. The molecule has 0 aliphatic rings. The summed E-state index contributed by atoms with van der Waals surface area (Å²) in [5, 5.41) is 9.07. The van der Waals surface area contributed by atoms with Crippen molar-refractivity contribution in [2.24, 2.45) is 0 Å². The third-order valence-corrected chi connectivity index (χ3v) is 2.56. The van der Waals surface area contributed by atoms with E-state index in [4.69, 9.17) is 10.8 Å². The summed E-state index contributed by atoms with van der Waals surface area (Å²) in [5.74, 6) is 0. The van der Waals surface area contributed by atoms with Crippen molar-refractivity contribution in [3.63, 3.8) is 0 Å². The zero-order chi connectivity index (χ0) is 11.5. The van der Waals surface area contributed by atoms with Crippen molar-refractivity contribution in [1.82, 2.24) is 4.98 Å². The maximum absolute atomic E-state index is 9.07. The average Bonchev–Trinajstić information content (AvgIpc) is 2.33. The van der Waals surface area contributed by atoms with Crippen LogP contribution in [-0.2, 0) is 6.61 Å². The maximum Gasteiger partial charge on any atom is 0.0706 e. The number of hydrogen-bond donors (Lipinski definition) is 2. The number of aliphatic hydroxyl groups is 1. The summed E-state index contributed by atoms with van der Waals surface area (Å²) < 4.78 is 0. The van der Waals surface area contributed by atoms with Crippen LogP contribution in [0.25, 0.3) is 11.3 Å². The highest BCUT2D eigenvalue weighted by molar-refractivity contribution is 5.63. The second kappa shape index (κ2) is 4.33. The van der Waals surface area contributed by atoms with Gasteiger partial charge in [-0.3, -0.25) is 4.98 Å². The first kappa shape index (κ1) is 10.6. The fraction of sp³-hybridized carbons (Fsp3) is 0.154. The molecule has 16 heavy (non-hydrogen) atoms. The van der Waals surface area contributed by atoms with Crippen molar-refractivity contribution in [1.29, 1.82) is 0 Å². The van der Waals surface area contributed by atoms with Gasteiger partial charge in [0.05, 0.1) is 24.2 Å². The molecule has 0 aliphatic heterocycles. The van der Waals surface area contributed by atoms with E-state index in [0.717, 1.165) is 22.4 Å². The first-order chi connectivity index (χ1) is 7.70. The van der Waals surface area contributed by atoms with Crippen LogP contribution in [0, 0.1) is 6.92 Å². The Morgan fingerprint density at radius 1 is 1.31 bits per heavy atom. The molecule has 2 rings (SSSR count). The van der Waals surface area contributed by atoms with Gasteiger partial charge in [-0.05, 0) is 30.2 Å². The standard InChI is InChI=1S/C13H14N2O/c1-9-5-13(15-7-12(9)14)11-4-2-3-10(6-11)8-16/h2-7,16H,8,14H2,1H3. The quantitative estimate of drug-likeness (QED) is 0.805.